The molecule has 0 spiro atoms. The molecule has 16 heteroatoms. The number of aliphatic hydroxyl groups excluding tert-OH is 2. The number of hydrogen-bond acceptors (Lipinski definition) is 16. The zero-order valence-electron chi connectivity index (χ0n) is 35.2. The van der Waals surface area contributed by atoms with Crippen molar-refractivity contribution in [3.63, 3.8) is 0 Å². The summed E-state index contributed by atoms with van der Waals surface area (Å²) in [6.45, 7) is 11.8. The summed E-state index contributed by atoms with van der Waals surface area (Å²) in [6, 6.07) is -0.779. The van der Waals surface area contributed by atoms with Crippen LogP contribution in [0.3, 0.4) is 0 Å². The summed E-state index contributed by atoms with van der Waals surface area (Å²) in [6.07, 6.45) is -4.08. The molecule has 3 aliphatic heterocycles. The number of ether oxygens (including phenoxy) is 8. The van der Waals surface area contributed by atoms with E-state index < -0.39 is 121 Å². The SMILES string of the molecule is CCC(=O)O[C@@H]1CC(=O)O[C@H](C)C/C=C/C=C/[C@H](O)[C@H](C)C[C@H](CC=O)[C@H](O[C@@H]2O[C@H](C)[C@@H](O[C@H]3C[C@@](C)(O)[C@@H](OC(=O)CC)[C@H](C)O3)[C@@H](N(C)C)[C@H]2O)[C@@H]1OC. The highest BCUT2D eigenvalue weighted by Crippen LogP contribution is 2.37. The smallest absolute Gasteiger partial charge is 0.309 e. The van der Waals surface area contributed by atoms with Crippen molar-refractivity contribution in [2.24, 2.45) is 11.8 Å². The van der Waals surface area contributed by atoms with E-state index in [-0.39, 0.29) is 32.1 Å². The molecule has 0 bridgehead atoms. The molecule has 2 fully saturated rings. The van der Waals surface area contributed by atoms with Gasteiger partial charge >= 0.3 is 17.9 Å². The number of esters is 3. The van der Waals surface area contributed by atoms with Gasteiger partial charge in [-0.05, 0) is 60.0 Å². The first-order chi connectivity index (χ1) is 26.9. The van der Waals surface area contributed by atoms with Gasteiger partial charge in [0.05, 0.1) is 36.9 Å². The molecule has 16 nitrogen and oxygen atoms in total. The van der Waals surface area contributed by atoms with Crippen molar-refractivity contribution in [2.45, 2.75) is 179 Å². The van der Waals surface area contributed by atoms with Gasteiger partial charge in [-0.25, -0.2) is 0 Å². The third-order valence-electron chi connectivity index (χ3n) is 10.9. The van der Waals surface area contributed by atoms with Crippen molar-refractivity contribution in [3.05, 3.63) is 24.3 Å². The molecule has 3 aliphatic rings. The molecule has 0 unspecified atom stereocenters. The van der Waals surface area contributed by atoms with Crippen molar-refractivity contribution < 1.29 is 72.4 Å². The zero-order valence-corrected chi connectivity index (χ0v) is 35.2. The molecule has 2 saturated heterocycles. The van der Waals surface area contributed by atoms with Gasteiger partial charge in [0.15, 0.2) is 18.7 Å². The lowest BCUT2D eigenvalue weighted by atomic mass is 9.82. The lowest BCUT2D eigenvalue weighted by Gasteiger charge is -2.50. The van der Waals surface area contributed by atoms with E-state index in [1.807, 2.05) is 13.0 Å². The van der Waals surface area contributed by atoms with Crippen LogP contribution in [0, 0.1) is 11.8 Å². The predicted molar refractivity (Wildman–Crippen MR) is 205 cm³/mol. The van der Waals surface area contributed by atoms with Crippen LogP contribution in [0.4, 0.5) is 0 Å². The minimum atomic E-state index is -1.49. The Bertz CT molecular complexity index is 1350. The van der Waals surface area contributed by atoms with E-state index in [4.69, 9.17) is 37.9 Å². The van der Waals surface area contributed by atoms with Crippen LogP contribution in [0.15, 0.2) is 24.3 Å². The number of hydrogen-bond donors (Lipinski definition) is 3. The molecule has 3 rings (SSSR count). The second-order valence-corrected chi connectivity index (χ2v) is 16.0. The quantitative estimate of drug-likeness (QED) is 0.147. The Balaban J connectivity index is 2.01. The van der Waals surface area contributed by atoms with Gasteiger partial charge in [0, 0.05) is 39.2 Å². The summed E-state index contributed by atoms with van der Waals surface area (Å²) in [7, 11) is 4.86. The van der Waals surface area contributed by atoms with Gasteiger partial charge in [0.25, 0.3) is 0 Å². The van der Waals surface area contributed by atoms with Gasteiger partial charge in [-0.15, -0.1) is 0 Å². The van der Waals surface area contributed by atoms with E-state index in [0.717, 1.165) is 0 Å². The van der Waals surface area contributed by atoms with E-state index >= 15 is 0 Å². The van der Waals surface area contributed by atoms with Crippen molar-refractivity contribution in [3.8, 4) is 0 Å². The highest BCUT2D eigenvalue weighted by molar-refractivity contribution is 5.72. The van der Waals surface area contributed by atoms with Gasteiger partial charge in [-0.1, -0.05) is 45.1 Å². The first-order valence-electron chi connectivity index (χ1n) is 20.1. The van der Waals surface area contributed by atoms with Crippen molar-refractivity contribution in [2.75, 3.05) is 21.2 Å². The third kappa shape index (κ3) is 13.6. The second-order valence-electron chi connectivity index (χ2n) is 16.0. The summed E-state index contributed by atoms with van der Waals surface area (Å²) in [5, 5.41) is 34.5. The molecule has 0 radical (unpaired) electrons. The molecule has 326 valence electrons. The number of likely N-dealkylation sites (N-methyl/N-ethyl adjacent to an activating group) is 1. The molecular formula is C41H67NO15. The summed E-state index contributed by atoms with van der Waals surface area (Å²) in [5.41, 5.74) is -1.49. The normalized spacial score (nSPS) is 41.1. The van der Waals surface area contributed by atoms with E-state index in [1.54, 1.807) is 78.8 Å². The van der Waals surface area contributed by atoms with E-state index in [0.29, 0.717) is 12.7 Å². The average Bonchev–Trinajstić information content (AvgIpc) is 3.13. The number of aliphatic hydroxyl groups is 3. The van der Waals surface area contributed by atoms with E-state index in [2.05, 4.69) is 0 Å². The monoisotopic (exact) mass is 813 g/mol. The average molecular weight is 814 g/mol. The minimum Gasteiger partial charge on any atom is -0.462 e. The molecular weight excluding hydrogens is 746 g/mol. The molecule has 0 aromatic heterocycles. The molecule has 16 atom stereocenters. The van der Waals surface area contributed by atoms with Crippen LogP contribution in [-0.4, -0.2) is 151 Å². The predicted octanol–water partition coefficient (Wildman–Crippen LogP) is 2.77. The number of rotatable bonds is 12. The van der Waals surface area contributed by atoms with Gasteiger partial charge in [0.1, 0.15) is 42.4 Å². The summed E-state index contributed by atoms with van der Waals surface area (Å²) >= 11 is 0. The van der Waals surface area contributed by atoms with E-state index in [9.17, 15) is 34.5 Å². The highest BCUT2D eigenvalue weighted by atomic mass is 16.7. The lowest BCUT2D eigenvalue weighted by Crippen LogP contribution is -2.66. The van der Waals surface area contributed by atoms with Crippen molar-refractivity contribution in [1.82, 2.24) is 4.90 Å². The molecule has 0 aliphatic carbocycles. The number of nitrogens with zero attached hydrogens (tertiary/aromatic N) is 1. The van der Waals surface area contributed by atoms with Crippen LogP contribution in [0.1, 0.15) is 93.4 Å². The molecule has 0 saturated carbocycles. The molecule has 3 N–H and O–H groups in total. The number of allylic oxidation sites excluding steroid dienone is 2. The molecule has 3 heterocycles. The summed E-state index contributed by atoms with van der Waals surface area (Å²) in [5.74, 6) is -2.82. The largest absolute Gasteiger partial charge is 0.462 e. The third-order valence-corrected chi connectivity index (χ3v) is 10.9. The Labute approximate surface area is 337 Å². The highest BCUT2D eigenvalue weighted by Gasteiger charge is 2.53. The first kappa shape index (κ1) is 48.6. The fourth-order valence-corrected chi connectivity index (χ4v) is 7.82. The maximum Gasteiger partial charge on any atom is 0.309 e. The van der Waals surface area contributed by atoms with Gasteiger partial charge in [0.2, 0.25) is 0 Å². The number of carbonyl (C=O) groups is 4. The van der Waals surface area contributed by atoms with Crippen LogP contribution in [0.25, 0.3) is 0 Å². The van der Waals surface area contributed by atoms with Crippen molar-refractivity contribution >= 4 is 24.2 Å². The molecule has 0 aromatic rings. The van der Waals surface area contributed by atoms with Crippen LogP contribution >= 0.6 is 0 Å². The number of carbonyl (C=O) groups excluding carboxylic acids is 4. The Morgan fingerprint density at radius 1 is 0.965 bits per heavy atom. The Hall–Kier alpha value is -2.80. The minimum absolute atomic E-state index is 0.000633. The number of aldehydes is 1. The topological polar surface area (TPSA) is 206 Å². The zero-order chi connectivity index (χ0) is 42.6. The fraction of sp³-hybridized carbons (Fsp3) is 0.805. The molecule has 0 amide bonds. The van der Waals surface area contributed by atoms with Gasteiger partial charge < -0.3 is 62.9 Å². The number of cyclic esters (lactones) is 1. The van der Waals surface area contributed by atoms with Gasteiger partial charge in [-0.2, -0.15) is 0 Å². The Morgan fingerprint density at radius 2 is 1.63 bits per heavy atom. The maximum atomic E-state index is 13.3. The van der Waals surface area contributed by atoms with Crippen molar-refractivity contribution in [1.29, 1.82) is 0 Å². The Morgan fingerprint density at radius 3 is 2.23 bits per heavy atom. The first-order valence-corrected chi connectivity index (χ1v) is 20.1. The van der Waals surface area contributed by atoms with Gasteiger partial charge in [-0.3, -0.25) is 14.4 Å². The lowest BCUT2D eigenvalue weighted by molar-refractivity contribution is -0.344. The molecule has 0 aromatic carbocycles. The van der Waals surface area contributed by atoms with Crippen LogP contribution in [0.2, 0.25) is 0 Å². The van der Waals surface area contributed by atoms with Crippen LogP contribution in [-0.2, 0) is 57.1 Å². The summed E-state index contributed by atoms with van der Waals surface area (Å²) < 4.78 is 48.5. The van der Waals surface area contributed by atoms with Crippen LogP contribution in [0.5, 0.6) is 0 Å². The maximum absolute atomic E-state index is 13.3. The molecule has 57 heavy (non-hydrogen) atoms. The second kappa shape index (κ2) is 22.5. The summed E-state index contributed by atoms with van der Waals surface area (Å²) in [4.78, 5) is 52.3. The fourth-order valence-electron chi connectivity index (χ4n) is 7.82. The number of methoxy groups -OCH3 is 1. The van der Waals surface area contributed by atoms with Crippen LogP contribution < -0.4 is 0 Å². The standard InChI is InChI=1S/C41H67NO15/c1-11-30(45)54-29-21-32(47)51-24(4)16-14-13-15-17-28(44)23(3)20-27(18-19-43)37(38(29)50-10)57-40-35(48)34(42(8)9)36(25(5)53-40)56-33-22-41(7,49)39(26(6)52-33)55-31(46)12-2/h13-15,17,19,23-29,33-40,44,48-49H,11-12,16,18,20-22H2,1-10H3/b14-13+,17-15+/t23-,24-,25-,26+,27+,28+,29-,33+,34+,35-,36-,37+,38-,39+,40+,41-/m1/s1. The Kier molecular flexibility index (Phi) is 19.2. The van der Waals surface area contributed by atoms with E-state index in [1.165, 1.54) is 7.11 Å².